The van der Waals surface area contributed by atoms with Gasteiger partial charge in [0.05, 0.1) is 6.61 Å². The van der Waals surface area contributed by atoms with Crippen LogP contribution >= 0.6 is 7.82 Å². The highest BCUT2D eigenvalue weighted by atomic mass is 31.2. The Morgan fingerprint density at radius 2 is 0.775 bits per heavy atom. The molecule has 0 spiro atoms. The average Bonchev–Trinajstić information content (AvgIpc) is 3.35. The number of phosphoric acid groups is 1. The van der Waals surface area contributed by atoms with Crippen LogP contribution in [-0.4, -0.2) is 98.3 Å². The Morgan fingerprint density at radius 3 is 1.21 bits per heavy atom. The number of aliphatic hydroxyl groups excluding tert-OH is 5. The number of hydrogen-bond acceptors (Lipinski definition) is 12. The maximum atomic E-state index is 12.9. The molecule has 0 bridgehead atoms. The van der Waals surface area contributed by atoms with Gasteiger partial charge in [-0.2, -0.15) is 0 Å². The van der Waals surface area contributed by atoms with E-state index in [-0.39, 0.29) is 12.8 Å². The molecular weight excluding hydrogens is 924 g/mol. The lowest BCUT2D eigenvalue weighted by Crippen LogP contribution is -2.64. The largest absolute Gasteiger partial charge is 0.472 e. The Bertz CT molecular complexity index is 1470. The van der Waals surface area contributed by atoms with Crippen molar-refractivity contribution < 1.29 is 63.1 Å². The SMILES string of the molecule is CCCCCCCC/C=C/CCCCCCCCCCCCCC(=O)O[C@@H](COC(=O)CCC/C=C/C/C=C/C/C=C/C/C=C/CCCCCCCCC)COP(=O)(O)OC1C(O)C(O)C(O)[C@H](O)C1O. The van der Waals surface area contributed by atoms with Crippen molar-refractivity contribution in [2.45, 2.75) is 275 Å². The van der Waals surface area contributed by atoms with E-state index in [1.54, 1.807) is 0 Å². The molecule has 0 aliphatic heterocycles. The summed E-state index contributed by atoms with van der Waals surface area (Å²) in [4.78, 5) is 35.9. The molecule has 1 saturated carbocycles. The molecule has 14 heteroatoms. The molecule has 13 nitrogen and oxygen atoms in total. The van der Waals surface area contributed by atoms with Crippen molar-refractivity contribution in [1.29, 1.82) is 0 Å². The van der Waals surface area contributed by atoms with Gasteiger partial charge in [-0.3, -0.25) is 18.6 Å². The summed E-state index contributed by atoms with van der Waals surface area (Å²) < 4.78 is 33.7. The molecule has 0 radical (unpaired) electrons. The third-order valence-corrected chi connectivity index (χ3v) is 13.8. The first-order valence-electron chi connectivity index (χ1n) is 28.1. The number of allylic oxidation sites excluding steroid dienone is 10. The fraction of sp³-hybridized carbons (Fsp3) is 0.789. The van der Waals surface area contributed by atoms with Crippen LogP contribution in [0, 0.1) is 0 Å². The topological polar surface area (TPSA) is 210 Å². The van der Waals surface area contributed by atoms with Gasteiger partial charge in [-0.1, -0.05) is 203 Å². The predicted octanol–water partition coefficient (Wildman–Crippen LogP) is 12.8. The molecule has 0 saturated heterocycles. The lowest BCUT2D eigenvalue weighted by molar-refractivity contribution is -0.220. The highest BCUT2D eigenvalue weighted by molar-refractivity contribution is 7.47. The Morgan fingerprint density at radius 1 is 0.437 bits per heavy atom. The van der Waals surface area contributed by atoms with Crippen molar-refractivity contribution in [3.05, 3.63) is 60.8 Å². The first-order chi connectivity index (χ1) is 34.4. The third kappa shape index (κ3) is 37.9. The molecule has 71 heavy (non-hydrogen) atoms. The van der Waals surface area contributed by atoms with Crippen molar-refractivity contribution in [2.24, 2.45) is 0 Å². The van der Waals surface area contributed by atoms with Crippen LogP contribution in [0.15, 0.2) is 60.8 Å². The summed E-state index contributed by atoms with van der Waals surface area (Å²) in [5.74, 6) is -1.16. The molecule has 0 amide bonds. The molecule has 1 rings (SSSR count). The zero-order valence-electron chi connectivity index (χ0n) is 44.3. The number of carbonyl (C=O) groups excluding carboxylic acids is 2. The molecule has 8 atom stereocenters. The number of unbranched alkanes of at least 4 members (excludes halogenated alkanes) is 25. The van der Waals surface area contributed by atoms with Crippen molar-refractivity contribution in [1.82, 2.24) is 0 Å². The Kier molecular flexibility index (Phi) is 43.2. The number of rotatable bonds is 47. The van der Waals surface area contributed by atoms with Crippen LogP contribution in [-0.2, 0) is 32.7 Å². The maximum Gasteiger partial charge on any atom is 0.472 e. The van der Waals surface area contributed by atoms with Crippen LogP contribution in [0.4, 0.5) is 0 Å². The van der Waals surface area contributed by atoms with E-state index < -0.39 is 75.7 Å². The maximum absolute atomic E-state index is 12.9. The van der Waals surface area contributed by atoms with E-state index in [9.17, 15) is 44.6 Å². The normalized spacial score (nSPS) is 21.1. The molecule has 412 valence electrons. The minimum Gasteiger partial charge on any atom is -0.462 e. The number of aliphatic hydroxyl groups is 5. The standard InChI is InChI=1S/C57H101O13P/c1-3-5-7-9-11-13-15-17-19-21-23-25-27-29-31-33-35-37-39-41-43-45-50(58)67-47-49(48-68-71(65,66)70-57-55(63)53(61)52(60)54(62)56(57)64)69-51(59)46-44-42-40-38-36-34-32-30-28-26-24-22-20-18-16-14-12-10-8-6-4-2/h18-21,25,27,31,33,37,39,49,52-57,60-64H,3-17,22-24,26,28-30,32,34-36,38,40-48H2,1-2H3,(H,65,66)/b20-18+,21-19+,27-25+,33-31+,39-37+/t49-,52?,53-,54?,55?,56?,57?/m0/s1. The lowest BCUT2D eigenvalue weighted by Gasteiger charge is -2.41. The second-order valence-electron chi connectivity index (χ2n) is 19.4. The zero-order valence-corrected chi connectivity index (χ0v) is 45.2. The fourth-order valence-electron chi connectivity index (χ4n) is 8.34. The van der Waals surface area contributed by atoms with E-state index >= 15 is 0 Å². The first-order valence-corrected chi connectivity index (χ1v) is 29.6. The van der Waals surface area contributed by atoms with E-state index in [1.165, 1.54) is 135 Å². The highest BCUT2D eigenvalue weighted by Gasteiger charge is 2.51. The number of phosphoric ester groups is 1. The van der Waals surface area contributed by atoms with Gasteiger partial charge in [-0.05, 0) is 77.0 Å². The van der Waals surface area contributed by atoms with Gasteiger partial charge in [0.25, 0.3) is 0 Å². The predicted molar refractivity (Wildman–Crippen MR) is 286 cm³/mol. The highest BCUT2D eigenvalue weighted by Crippen LogP contribution is 2.47. The molecule has 1 fully saturated rings. The van der Waals surface area contributed by atoms with Crippen LogP contribution in [0.3, 0.4) is 0 Å². The molecule has 1 aliphatic carbocycles. The van der Waals surface area contributed by atoms with Crippen molar-refractivity contribution in [3.63, 3.8) is 0 Å². The average molecular weight is 1030 g/mol. The van der Waals surface area contributed by atoms with E-state index in [1.807, 2.05) is 12.2 Å². The molecule has 0 aromatic carbocycles. The van der Waals surface area contributed by atoms with Gasteiger partial charge in [-0.25, -0.2) is 4.57 Å². The summed E-state index contributed by atoms with van der Waals surface area (Å²) in [5.41, 5.74) is 0. The smallest absolute Gasteiger partial charge is 0.462 e. The molecule has 6 unspecified atom stereocenters. The minimum atomic E-state index is -5.14. The summed E-state index contributed by atoms with van der Waals surface area (Å²) in [7, 11) is -5.14. The number of esters is 2. The Hall–Kier alpha value is -2.45. The van der Waals surface area contributed by atoms with Gasteiger partial charge in [-0.15, -0.1) is 0 Å². The van der Waals surface area contributed by atoms with Crippen molar-refractivity contribution >= 4 is 19.8 Å². The Balaban J connectivity index is 2.40. The van der Waals surface area contributed by atoms with Crippen LogP contribution < -0.4 is 0 Å². The fourth-order valence-corrected chi connectivity index (χ4v) is 9.31. The summed E-state index contributed by atoms with van der Waals surface area (Å²) >= 11 is 0. The molecule has 0 aromatic rings. The lowest BCUT2D eigenvalue weighted by atomic mass is 9.85. The summed E-state index contributed by atoms with van der Waals surface area (Å²) in [5, 5.41) is 50.4. The van der Waals surface area contributed by atoms with Crippen LogP contribution in [0.25, 0.3) is 0 Å². The van der Waals surface area contributed by atoms with Gasteiger partial charge in [0, 0.05) is 12.8 Å². The number of carbonyl (C=O) groups is 2. The number of hydrogen-bond donors (Lipinski definition) is 6. The summed E-state index contributed by atoms with van der Waals surface area (Å²) in [6.07, 6.45) is 45.6. The van der Waals surface area contributed by atoms with Gasteiger partial charge in [0.15, 0.2) is 6.10 Å². The van der Waals surface area contributed by atoms with Gasteiger partial charge in [0.2, 0.25) is 0 Å². The van der Waals surface area contributed by atoms with Crippen LogP contribution in [0.5, 0.6) is 0 Å². The monoisotopic (exact) mass is 1020 g/mol. The second kappa shape index (κ2) is 46.1. The van der Waals surface area contributed by atoms with E-state index in [4.69, 9.17) is 18.5 Å². The van der Waals surface area contributed by atoms with Crippen LogP contribution in [0.2, 0.25) is 0 Å². The van der Waals surface area contributed by atoms with E-state index in [0.29, 0.717) is 19.3 Å². The van der Waals surface area contributed by atoms with Gasteiger partial charge in [0.1, 0.15) is 43.2 Å². The van der Waals surface area contributed by atoms with Gasteiger partial charge >= 0.3 is 19.8 Å². The van der Waals surface area contributed by atoms with E-state index in [2.05, 4.69) is 62.5 Å². The van der Waals surface area contributed by atoms with Crippen molar-refractivity contribution in [2.75, 3.05) is 13.2 Å². The number of ether oxygens (including phenoxy) is 2. The molecule has 1 aliphatic rings. The van der Waals surface area contributed by atoms with Gasteiger partial charge < -0.3 is 39.9 Å². The summed E-state index contributed by atoms with van der Waals surface area (Å²) in [6, 6.07) is 0. The third-order valence-electron chi connectivity index (χ3n) is 12.8. The molecule has 0 aromatic heterocycles. The van der Waals surface area contributed by atoms with Crippen molar-refractivity contribution in [3.8, 4) is 0 Å². The summed E-state index contributed by atoms with van der Waals surface area (Å²) in [6.45, 7) is 3.28. The molecular formula is C57H101O13P. The molecule has 6 N–H and O–H groups in total. The quantitative estimate of drug-likeness (QED) is 0.0145. The molecule has 0 heterocycles. The van der Waals surface area contributed by atoms with E-state index in [0.717, 1.165) is 51.4 Å². The first kappa shape index (κ1) is 66.6. The minimum absolute atomic E-state index is 0.0831. The zero-order chi connectivity index (χ0) is 52.1. The second-order valence-corrected chi connectivity index (χ2v) is 20.8. The Labute approximate surface area is 430 Å². The van der Waals surface area contributed by atoms with Crippen LogP contribution in [0.1, 0.15) is 232 Å².